The maximum Gasteiger partial charge on any atom is 0.157 e. The molecule has 0 radical (unpaired) electrons. The van der Waals surface area contributed by atoms with Gasteiger partial charge in [0.15, 0.2) is 11.7 Å². The van der Waals surface area contributed by atoms with Gasteiger partial charge in [-0.2, -0.15) is 4.68 Å². The van der Waals surface area contributed by atoms with Crippen molar-refractivity contribution in [1.82, 2.24) is 20.2 Å². The predicted molar refractivity (Wildman–Crippen MR) is 56.0 cm³/mol. The van der Waals surface area contributed by atoms with Gasteiger partial charge in [0.25, 0.3) is 0 Å². The van der Waals surface area contributed by atoms with Crippen molar-refractivity contribution in [3.05, 3.63) is 41.2 Å². The van der Waals surface area contributed by atoms with Crippen LogP contribution >= 0.6 is 0 Å². The second kappa shape index (κ2) is 3.61. The van der Waals surface area contributed by atoms with Crippen molar-refractivity contribution in [2.45, 2.75) is 13.8 Å². The molecular formula is C10H11N5. The van der Waals surface area contributed by atoms with Crippen LogP contribution in [0.25, 0.3) is 0 Å². The third kappa shape index (κ3) is 1.76. The van der Waals surface area contributed by atoms with Gasteiger partial charge in [-0.1, -0.05) is 29.8 Å². The molecule has 0 amide bonds. The number of tetrazole rings is 1. The van der Waals surface area contributed by atoms with E-state index in [0.29, 0.717) is 5.82 Å². The van der Waals surface area contributed by atoms with Gasteiger partial charge in [-0.3, -0.25) is 5.41 Å². The fourth-order valence-corrected chi connectivity index (χ4v) is 1.27. The quantitative estimate of drug-likeness (QED) is 0.556. The van der Waals surface area contributed by atoms with E-state index in [0.717, 1.165) is 5.56 Å². The summed E-state index contributed by atoms with van der Waals surface area (Å²) in [7, 11) is 0. The minimum atomic E-state index is 0.289. The van der Waals surface area contributed by atoms with Crippen LogP contribution in [-0.4, -0.2) is 26.0 Å². The number of rotatable bonds is 1. The van der Waals surface area contributed by atoms with E-state index in [1.54, 1.807) is 6.92 Å². The molecule has 0 unspecified atom stereocenters. The molecule has 2 aromatic rings. The highest BCUT2D eigenvalue weighted by Gasteiger charge is 2.08. The maximum atomic E-state index is 7.92. The number of benzene rings is 1. The lowest BCUT2D eigenvalue weighted by Crippen LogP contribution is -2.15. The number of nitrogens with zero attached hydrogens (tertiary/aromatic N) is 4. The van der Waals surface area contributed by atoms with Crippen LogP contribution in [0.1, 0.15) is 17.0 Å². The zero-order chi connectivity index (χ0) is 10.8. The summed E-state index contributed by atoms with van der Waals surface area (Å²) >= 11 is 0. The summed E-state index contributed by atoms with van der Waals surface area (Å²) in [4.78, 5) is 0. The Labute approximate surface area is 87.3 Å². The van der Waals surface area contributed by atoms with E-state index < -0.39 is 0 Å². The average Bonchev–Trinajstić information content (AvgIpc) is 2.65. The molecule has 1 aromatic carbocycles. The molecule has 0 aliphatic rings. The lowest BCUT2D eigenvalue weighted by atomic mass is 10.1. The molecule has 0 spiro atoms. The first-order valence-electron chi connectivity index (χ1n) is 4.59. The normalized spacial score (nSPS) is 10.3. The molecule has 76 valence electrons. The van der Waals surface area contributed by atoms with E-state index in [4.69, 9.17) is 5.41 Å². The highest BCUT2D eigenvalue weighted by molar-refractivity contribution is 5.97. The molecule has 5 nitrogen and oxygen atoms in total. The van der Waals surface area contributed by atoms with Gasteiger partial charge in [-0.25, -0.2) is 0 Å². The van der Waals surface area contributed by atoms with Gasteiger partial charge in [0.1, 0.15) is 0 Å². The molecule has 0 saturated carbocycles. The molecule has 0 aliphatic heterocycles. The summed E-state index contributed by atoms with van der Waals surface area (Å²) < 4.78 is 1.41. The third-order valence-corrected chi connectivity index (χ3v) is 2.16. The van der Waals surface area contributed by atoms with Crippen molar-refractivity contribution in [1.29, 1.82) is 5.41 Å². The summed E-state index contributed by atoms with van der Waals surface area (Å²) in [6, 6.07) is 7.70. The number of hydrogen-bond acceptors (Lipinski definition) is 4. The Morgan fingerprint density at radius 2 is 1.87 bits per heavy atom. The smallest absolute Gasteiger partial charge is 0.157 e. The summed E-state index contributed by atoms with van der Waals surface area (Å²) in [5.74, 6) is 0.901. The Hall–Kier alpha value is -2.04. The Bertz CT molecular complexity index is 483. The molecule has 2 rings (SSSR count). The molecule has 0 atom stereocenters. The zero-order valence-electron chi connectivity index (χ0n) is 8.60. The van der Waals surface area contributed by atoms with Crippen molar-refractivity contribution in [2.24, 2.45) is 0 Å². The van der Waals surface area contributed by atoms with Crippen LogP contribution in [-0.2, 0) is 0 Å². The molecule has 15 heavy (non-hydrogen) atoms. The highest BCUT2D eigenvalue weighted by Crippen LogP contribution is 2.05. The lowest BCUT2D eigenvalue weighted by molar-refractivity contribution is 0.809. The molecule has 0 bridgehead atoms. The molecule has 1 N–H and O–H groups in total. The molecule has 0 fully saturated rings. The van der Waals surface area contributed by atoms with Crippen LogP contribution in [0.4, 0.5) is 0 Å². The van der Waals surface area contributed by atoms with Crippen molar-refractivity contribution in [2.75, 3.05) is 0 Å². The number of aryl methyl sites for hydroxylation is 2. The van der Waals surface area contributed by atoms with Gasteiger partial charge in [0.05, 0.1) is 0 Å². The van der Waals surface area contributed by atoms with Crippen molar-refractivity contribution in [3.63, 3.8) is 0 Å². The van der Waals surface area contributed by atoms with E-state index in [2.05, 4.69) is 15.5 Å². The van der Waals surface area contributed by atoms with Gasteiger partial charge in [-0.15, -0.1) is 5.10 Å². The van der Waals surface area contributed by atoms with Crippen LogP contribution in [0, 0.1) is 19.3 Å². The van der Waals surface area contributed by atoms with E-state index in [9.17, 15) is 0 Å². The van der Waals surface area contributed by atoms with E-state index in [1.165, 1.54) is 10.2 Å². The van der Waals surface area contributed by atoms with Crippen LogP contribution < -0.4 is 0 Å². The Morgan fingerprint density at radius 1 is 1.20 bits per heavy atom. The van der Waals surface area contributed by atoms with Crippen molar-refractivity contribution < 1.29 is 0 Å². The van der Waals surface area contributed by atoms with Crippen LogP contribution in [0.5, 0.6) is 0 Å². The fraction of sp³-hybridized carbons (Fsp3) is 0.200. The first kappa shape index (κ1) is 9.51. The SMILES string of the molecule is Cc1ccc(C(=N)n2nnnc2C)cc1. The van der Waals surface area contributed by atoms with Gasteiger partial charge in [-0.05, 0) is 24.3 Å². The molecule has 5 heteroatoms. The van der Waals surface area contributed by atoms with E-state index in [-0.39, 0.29) is 5.84 Å². The highest BCUT2D eigenvalue weighted by atomic mass is 15.5. The van der Waals surface area contributed by atoms with Crippen LogP contribution in [0.2, 0.25) is 0 Å². The first-order chi connectivity index (χ1) is 7.18. The number of aromatic nitrogens is 4. The standard InChI is InChI=1S/C10H11N5/c1-7-3-5-9(6-4-7)10(11)15-8(2)12-13-14-15/h3-6,11H,1-2H3. The van der Waals surface area contributed by atoms with Crippen LogP contribution in [0.15, 0.2) is 24.3 Å². The molecular weight excluding hydrogens is 190 g/mol. The molecule has 1 aromatic heterocycles. The molecule has 0 saturated heterocycles. The third-order valence-electron chi connectivity index (χ3n) is 2.16. The van der Waals surface area contributed by atoms with Gasteiger partial charge >= 0.3 is 0 Å². The van der Waals surface area contributed by atoms with E-state index in [1.807, 2.05) is 31.2 Å². The minimum Gasteiger partial charge on any atom is -0.282 e. The Balaban J connectivity index is 2.37. The number of nitrogens with one attached hydrogen (secondary N) is 1. The Kier molecular flexibility index (Phi) is 2.29. The predicted octanol–water partition coefficient (Wildman–Crippen LogP) is 1.16. The summed E-state index contributed by atoms with van der Waals surface area (Å²) in [6.45, 7) is 3.78. The van der Waals surface area contributed by atoms with E-state index >= 15 is 0 Å². The maximum absolute atomic E-state index is 7.92. The lowest BCUT2D eigenvalue weighted by Gasteiger charge is -2.03. The second-order valence-corrected chi connectivity index (χ2v) is 3.35. The van der Waals surface area contributed by atoms with Crippen molar-refractivity contribution in [3.8, 4) is 0 Å². The van der Waals surface area contributed by atoms with Crippen LogP contribution in [0.3, 0.4) is 0 Å². The van der Waals surface area contributed by atoms with Gasteiger partial charge in [0, 0.05) is 5.56 Å². The zero-order valence-corrected chi connectivity index (χ0v) is 8.60. The minimum absolute atomic E-state index is 0.289. The second-order valence-electron chi connectivity index (χ2n) is 3.35. The fourth-order valence-electron chi connectivity index (χ4n) is 1.27. The number of hydrogen-bond donors (Lipinski definition) is 1. The monoisotopic (exact) mass is 201 g/mol. The van der Waals surface area contributed by atoms with Gasteiger partial charge in [0.2, 0.25) is 0 Å². The topological polar surface area (TPSA) is 67.5 Å². The summed E-state index contributed by atoms with van der Waals surface area (Å²) in [5.41, 5.74) is 1.97. The van der Waals surface area contributed by atoms with Crippen molar-refractivity contribution >= 4 is 5.84 Å². The summed E-state index contributed by atoms with van der Waals surface area (Å²) in [6.07, 6.45) is 0. The Morgan fingerprint density at radius 3 is 2.40 bits per heavy atom. The largest absolute Gasteiger partial charge is 0.282 e. The van der Waals surface area contributed by atoms with Gasteiger partial charge < -0.3 is 0 Å². The average molecular weight is 201 g/mol. The first-order valence-corrected chi connectivity index (χ1v) is 4.59. The summed E-state index contributed by atoms with van der Waals surface area (Å²) in [5, 5.41) is 18.9. The molecule has 1 heterocycles. The molecule has 0 aliphatic carbocycles.